The highest BCUT2D eigenvalue weighted by Gasteiger charge is 2.23. The Morgan fingerprint density at radius 3 is 1.16 bits per heavy atom. The van der Waals surface area contributed by atoms with Crippen LogP contribution in [-0.2, 0) is 14.3 Å². The molecule has 3 nitrogen and oxygen atoms in total. The quantitative estimate of drug-likeness (QED) is 0.114. The zero-order valence-corrected chi connectivity index (χ0v) is 30.0. The second kappa shape index (κ2) is 22.7. The maximum absolute atomic E-state index is 12.1. The lowest BCUT2D eigenvalue weighted by atomic mass is 10.0. The standard InChI is InChI=1S/C42H58O3/c1-34(22-15-24-36(3)26-17-28-38(5)30-19-33-41(7,8)44-11)20-13-14-21-35(2)23-16-25-37(4)27-18-29-39(6)31-32-40(43)42(9,10)45-12/h13-32H,33H2,1-12H3. The van der Waals surface area contributed by atoms with Crippen molar-refractivity contribution in [1.82, 2.24) is 0 Å². The highest BCUT2D eigenvalue weighted by molar-refractivity contribution is 5.96. The van der Waals surface area contributed by atoms with Gasteiger partial charge >= 0.3 is 0 Å². The summed E-state index contributed by atoms with van der Waals surface area (Å²) in [5.74, 6) is -0.0572. The van der Waals surface area contributed by atoms with Crippen molar-refractivity contribution in [2.45, 2.75) is 86.9 Å². The molecule has 244 valence electrons. The maximum Gasteiger partial charge on any atom is 0.186 e. The van der Waals surface area contributed by atoms with Crippen LogP contribution >= 0.6 is 0 Å². The highest BCUT2D eigenvalue weighted by Crippen LogP contribution is 2.14. The van der Waals surface area contributed by atoms with Crippen molar-refractivity contribution in [1.29, 1.82) is 0 Å². The van der Waals surface area contributed by atoms with Crippen LogP contribution in [0, 0.1) is 0 Å². The van der Waals surface area contributed by atoms with Crippen LogP contribution in [0.15, 0.2) is 155 Å². The first-order valence-electron chi connectivity index (χ1n) is 15.5. The smallest absolute Gasteiger partial charge is 0.186 e. The van der Waals surface area contributed by atoms with Gasteiger partial charge in [0, 0.05) is 14.2 Å². The first kappa shape index (κ1) is 41.2. The summed E-state index contributed by atoms with van der Waals surface area (Å²) in [7, 11) is 3.29. The second-order valence-corrected chi connectivity index (χ2v) is 12.3. The first-order chi connectivity index (χ1) is 21.1. The molecule has 0 saturated carbocycles. The van der Waals surface area contributed by atoms with E-state index >= 15 is 0 Å². The molecular weight excluding hydrogens is 552 g/mol. The van der Waals surface area contributed by atoms with Gasteiger partial charge in [-0.25, -0.2) is 0 Å². The molecule has 0 atom stereocenters. The highest BCUT2D eigenvalue weighted by atomic mass is 16.5. The summed E-state index contributed by atoms with van der Waals surface area (Å²) in [6.45, 7) is 20.1. The molecule has 0 unspecified atom stereocenters. The molecule has 0 aliphatic heterocycles. The number of rotatable bonds is 18. The van der Waals surface area contributed by atoms with E-state index in [4.69, 9.17) is 9.47 Å². The van der Waals surface area contributed by atoms with Crippen LogP contribution in [0.25, 0.3) is 0 Å². The monoisotopic (exact) mass is 610 g/mol. The summed E-state index contributed by atoms with van der Waals surface area (Å²) >= 11 is 0. The van der Waals surface area contributed by atoms with Gasteiger partial charge in [-0.15, -0.1) is 0 Å². The van der Waals surface area contributed by atoms with E-state index in [-0.39, 0.29) is 11.4 Å². The fourth-order valence-electron chi connectivity index (χ4n) is 3.28. The predicted molar refractivity (Wildman–Crippen MR) is 198 cm³/mol. The van der Waals surface area contributed by atoms with E-state index in [1.165, 1.54) is 16.7 Å². The van der Waals surface area contributed by atoms with Gasteiger partial charge < -0.3 is 9.47 Å². The molecule has 0 fully saturated rings. The molecule has 0 amide bonds. The van der Waals surface area contributed by atoms with E-state index in [1.54, 1.807) is 34.1 Å². The van der Waals surface area contributed by atoms with E-state index < -0.39 is 5.60 Å². The molecule has 0 bridgehead atoms. The SMILES string of the molecule is COC(C)(C)CC=CC(C)=CC=CC(C)=CC=CC(C)=CC=CC=C(C)C=CC=C(C)C=CC=C(C)C=CC(=O)C(C)(C)OC. The van der Waals surface area contributed by atoms with Gasteiger partial charge in [-0.1, -0.05) is 149 Å². The Hall–Kier alpha value is -3.79. The molecule has 0 aliphatic rings. The van der Waals surface area contributed by atoms with Gasteiger partial charge in [0.05, 0.1) is 5.60 Å². The Bertz CT molecular complexity index is 1330. The number of hydrogen-bond acceptors (Lipinski definition) is 3. The summed E-state index contributed by atoms with van der Waals surface area (Å²) in [6.07, 6.45) is 41.6. The summed E-state index contributed by atoms with van der Waals surface area (Å²) in [5.41, 5.74) is 5.92. The Balaban J connectivity index is 4.86. The number of hydrogen-bond donors (Lipinski definition) is 0. The average molecular weight is 611 g/mol. The minimum absolute atomic E-state index is 0.0572. The number of ether oxygens (including phenoxy) is 2. The second-order valence-electron chi connectivity index (χ2n) is 12.3. The zero-order chi connectivity index (χ0) is 34.3. The van der Waals surface area contributed by atoms with Crippen LogP contribution in [0.1, 0.15) is 75.7 Å². The van der Waals surface area contributed by atoms with Gasteiger partial charge in [0.25, 0.3) is 0 Å². The topological polar surface area (TPSA) is 35.5 Å². The summed E-state index contributed by atoms with van der Waals surface area (Å²) in [6, 6.07) is 0. The van der Waals surface area contributed by atoms with Crippen molar-refractivity contribution in [3.63, 3.8) is 0 Å². The number of allylic oxidation sites excluding steroid dienone is 24. The lowest BCUT2D eigenvalue weighted by Gasteiger charge is -2.20. The number of methoxy groups -OCH3 is 2. The van der Waals surface area contributed by atoms with Gasteiger partial charge in [-0.05, 0) is 81.7 Å². The number of ketones is 1. The van der Waals surface area contributed by atoms with Gasteiger partial charge in [0.15, 0.2) is 5.78 Å². The Labute approximate surface area is 275 Å². The van der Waals surface area contributed by atoms with Crippen molar-refractivity contribution in [3.05, 3.63) is 155 Å². The molecule has 0 N–H and O–H groups in total. The van der Waals surface area contributed by atoms with Gasteiger partial charge in [0.1, 0.15) is 5.60 Å². The lowest BCUT2D eigenvalue weighted by molar-refractivity contribution is -0.131. The molecule has 0 aromatic carbocycles. The van der Waals surface area contributed by atoms with E-state index in [1.807, 2.05) is 37.3 Å². The molecule has 0 aromatic heterocycles. The van der Waals surface area contributed by atoms with Crippen molar-refractivity contribution in [2.75, 3.05) is 14.2 Å². The molecule has 0 rings (SSSR count). The third-order valence-electron chi connectivity index (χ3n) is 6.85. The van der Waals surface area contributed by atoms with Crippen LogP contribution in [0.2, 0.25) is 0 Å². The third-order valence-corrected chi connectivity index (χ3v) is 6.85. The van der Waals surface area contributed by atoms with E-state index in [0.717, 1.165) is 23.1 Å². The average Bonchev–Trinajstić information content (AvgIpc) is 2.97. The number of carbonyl (C=O) groups excluding carboxylic acids is 1. The normalized spacial score (nSPS) is 16.1. The molecular formula is C42H58O3. The van der Waals surface area contributed by atoms with Crippen molar-refractivity contribution in [3.8, 4) is 0 Å². The van der Waals surface area contributed by atoms with Gasteiger partial charge in [-0.3, -0.25) is 4.79 Å². The lowest BCUT2D eigenvalue weighted by Crippen LogP contribution is -2.32. The molecule has 0 heterocycles. The van der Waals surface area contributed by atoms with E-state index in [0.29, 0.717) is 0 Å². The first-order valence-corrected chi connectivity index (χ1v) is 15.5. The largest absolute Gasteiger partial charge is 0.378 e. The zero-order valence-electron chi connectivity index (χ0n) is 30.0. The molecule has 0 aliphatic carbocycles. The summed E-state index contributed by atoms with van der Waals surface area (Å²) < 4.78 is 10.7. The van der Waals surface area contributed by atoms with Crippen LogP contribution in [0.3, 0.4) is 0 Å². The minimum Gasteiger partial charge on any atom is -0.378 e. The fraction of sp³-hybridized carbons (Fsp3) is 0.357. The van der Waals surface area contributed by atoms with Gasteiger partial charge in [0.2, 0.25) is 0 Å². The maximum atomic E-state index is 12.1. The minimum atomic E-state index is -0.804. The molecule has 0 spiro atoms. The van der Waals surface area contributed by atoms with Crippen molar-refractivity contribution < 1.29 is 14.3 Å². The van der Waals surface area contributed by atoms with E-state index in [9.17, 15) is 4.79 Å². The van der Waals surface area contributed by atoms with E-state index in [2.05, 4.69) is 134 Å². The molecule has 0 aromatic rings. The van der Waals surface area contributed by atoms with Crippen molar-refractivity contribution in [2.24, 2.45) is 0 Å². The Kier molecular flexibility index (Phi) is 20.8. The van der Waals surface area contributed by atoms with Crippen LogP contribution < -0.4 is 0 Å². The molecule has 0 radical (unpaired) electrons. The fourth-order valence-corrected chi connectivity index (χ4v) is 3.28. The van der Waals surface area contributed by atoms with Crippen LogP contribution in [0.4, 0.5) is 0 Å². The summed E-state index contributed by atoms with van der Waals surface area (Å²) in [5, 5.41) is 0. The number of carbonyl (C=O) groups is 1. The molecule has 0 saturated heterocycles. The van der Waals surface area contributed by atoms with Crippen molar-refractivity contribution >= 4 is 5.78 Å². The third kappa shape index (κ3) is 22.4. The van der Waals surface area contributed by atoms with Crippen LogP contribution in [-0.4, -0.2) is 31.2 Å². The summed E-state index contributed by atoms with van der Waals surface area (Å²) in [4.78, 5) is 12.1. The Morgan fingerprint density at radius 1 is 0.467 bits per heavy atom. The van der Waals surface area contributed by atoms with Crippen LogP contribution in [0.5, 0.6) is 0 Å². The van der Waals surface area contributed by atoms with Gasteiger partial charge in [-0.2, -0.15) is 0 Å². The predicted octanol–water partition coefficient (Wildman–Crippen LogP) is 11.4. The molecule has 45 heavy (non-hydrogen) atoms. The molecule has 3 heteroatoms. The Morgan fingerprint density at radius 2 is 0.800 bits per heavy atom.